The van der Waals surface area contributed by atoms with E-state index >= 15 is 0 Å². The third-order valence-electron chi connectivity index (χ3n) is 5.25. The van der Waals surface area contributed by atoms with Crippen LogP contribution < -0.4 is 10.6 Å². The molecule has 1 aromatic rings. The topological polar surface area (TPSA) is 74.2 Å². The van der Waals surface area contributed by atoms with Crippen LogP contribution in [0.3, 0.4) is 0 Å². The van der Waals surface area contributed by atoms with E-state index in [1.165, 1.54) is 12.8 Å². The summed E-state index contributed by atoms with van der Waals surface area (Å²) in [6, 6.07) is -0.0418. The smallest absolute Gasteiger partial charge is 0.315 e. The first-order chi connectivity index (χ1) is 10.6. The van der Waals surface area contributed by atoms with Crippen LogP contribution in [0.25, 0.3) is 0 Å². The van der Waals surface area contributed by atoms with Gasteiger partial charge in [-0.1, -0.05) is 6.92 Å². The Morgan fingerprint density at radius 3 is 2.91 bits per heavy atom. The first kappa shape index (κ1) is 15.7. The molecule has 3 rings (SSSR count). The van der Waals surface area contributed by atoms with Crippen LogP contribution in [0.1, 0.15) is 49.4 Å². The number of aliphatic hydroxyl groups excluding tert-OH is 1. The maximum atomic E-state index is 12.4. The molecule has 1 aromatic heterocycles. The summed E-state index contributed by atoms with van der Waals surface area (Å²) < 4.78 is 0. The maximum absolute atomic E-state index is 12.4. The van der Waals surface area contributed by atoms with Gasteiger partial charge in [0.25, 0.3) is 0 Å². The number of thiazole rings is 1. The minimum atomic E-state index is -0.129. The van der Waals surface area contributed by atoms with E-state index in [9.17, 15) is 9.90 Å². The predicted octanol–water partition coefficient (Wildman–Crippen LogP) is 2.61. The van der Waals surface area contributed by atoms with Crippen molar-refractivity contribution in [2.24, 2.45) is 17.8 Å². The minimum absolute atomic E-state index is 0.0372. The molecule has 22 heavy (non-hydrogen) atoms. The Balaban J connectivity index is 1.60. The fraction of sp³-hybridized carbons (Fsp3) is 0.750. The molecule has 2 bridgehead atoms. The van der Waals surface area contributed by atoms with E-state index < -0.39 is 0 Å². The van der Waals surface area contributed by atoms with Crippen LogP contribution in [-0.4, -0.2) is 28.8 Å². The van der Waals surface area contributed by atoms with Crippen molar-refractivity contribution in [1.82, 2.24) is 15.6 Å². The number of fused-ring (bicyclic) bond motifs is 2. The van der Waals surface area contributed by atoms with E-state index in [0.717, 1.165) is 23.5 Å². The monoisotopic (exact) mass is 323 g/mol. The molecule has 6 heteroatoms. The molecule has 2 aliphatic rings. The molecule has 0 radical (unpaired) electrons. The Labute approximate surface area is 135 Å². The molecule has 0 aromatic carbocycles. The lowest BCUT2D eigenvalue weighted by atomic mass is 9.85. The fourth-order valence-electron chi connectivity index (χ4n) is 4.12. The third-order valence-corrected chi connectivity index (χ3v) is 6.32. The second kappa shape index (κ2) is 6.54. The van der Waals surface area contributed by atoms with Crippen molar-refractivity contribution in [2.45, 2.75) is 51.6 Å². The number of aromatic nitrogens is 1. The van der Waals surface area contributed by atoms with Crippen LogP contribution in [0.2, 0.25) is 0 Å². The lowest BCUT2D eigenvalue weighted by Crippen LogP contribution is -2.49. The van der Waals surface area contributed by atoms with Crippen molar-refractivity contribution in [3.05, 3.63) is 16.1 Å². The summed E-state index contributed by atoms with van der Waals surface area (Å²) in [6.07, 6.45) is 4.35. The van der Waals surface area contributed by atoms with Gasteiger partial charge in [-0.05, 0) is 44.4 Å². The molecule has 2 saturated carbocycles. The van der Waals surface area contributed by atoms with Gasteiger partial charge in [-0.3, -0.25) is 0 Å². The predicted molar refractivity (Wildman–Crippen MR) is 86.7 cm³/mol. The number of hydrogen-bond acceptors (Lipinski definition) is 4. The Kier molecular flexibility index (Phi) is 4.68. The number of amides is 2. The van der Waals surface area contributed by atoms with Crippen LogP contribution in [-0.2, 0) is 0 Å². The number of aliphatic hydroxyl groups is 1. The number of urea groups is 1. The van der Waals surface area contributed by atoms with Crippen LogP contribution in [0.4, 0.5) is 4.79 Å². The summed E-state index contributed by atoms with van der Waals surface area (Å²) in [5, 5.41) is 18.7. The molecule has 2 fully saturated rings. The average molecular weight is 323 g/mol. The van der Waals surface area contributed by atoms with E-state index in [1.54, 1.807) is 11.3 Å². The van der Waals surface area contributed by atoms with Crippen LogP contribution in [0.5, 0.6) is 0 Å². The number of aryl methyl sites for hydroxylation is 1. The van der Waals surface area contributed by atoms with E-state index in [4.69, 9.17) is 0 Å². The van der Waals surface area contributed by atoms with Crippen LogP contribution in [0.15, 0.2) is 5.38 Å². The first-order valence-corrected chi connectivity index (χ1v) is 9.10. The first-order valence-electron chi connectivity index (χ1n) is 8.22. The van der Waals surface area contributed by atoms with Gasteiger partial charge in [0, 0.05) is 29.6 Å². The zero-order chi connectivity index (χ0) is 15.7. The van der Waals surface area contributed by atoms with E-state index in [0.29, 0.717) is 11.8 Å². The van der Waals surface area contributed by atoms with Gasteiger partial charge in [-0.25, -0.2) is 9.78 Å². The van der Waals surface area contributed by atoms with Gasteiger partial charge in [0.05, 0.1) is 6.04 Å². The molecule has 0 aliphatic heterocycles. The fourth-order valence-corrected chi connectivity index (χ4v) is 5.05. The Bertz CT molecular complexity index is 533. The summed E-state index contributed by atoms with van der Waals surface area (Å²) in [5.41, 5.74) is 0.995. The third kappa shape index (κ3) is 2.99. The number of nitrogens with zero attached hydrogens (tertiary/aromatic N) is 1. The van der Waals surface area contributed by atoms with Gasteiger partial charge in [-0.15, -0.1) is 11.3 Å². The Morgan fingerprint density at radius 1 is 1.50 bits per heavy atom. The highest BCUT2D eigenvalue weighted by Gasteiger charge is 2.47. The van der Waals surface area contributed by atoms with Gasteiger partial charge in [0.2, 0.25) is 0 Å². The molecule has 5 unspecified atom stereocenters. The molecule has 2 amide bonds. The molecule has 0 spiro atoms. The molecule has 5 nitrogen and oxygen atoms in total. The molecule has 1 heterocycles. The SMILES string of the molecule is CCC(NC(=O)NC1C2CCC(C2)C1CO)c1nc(C)cs1. The molecule has 3 N–H and O–H groups in total. The number of carbonyl (C=O) groups excluding carboxylic acids is 1. The van der Waals surface area contributed by atoms with Gasteiger partial charge >= 0.3 is 6.03 Å². The quantitative estimate of drug-likeness (QED) is 0.780. The maximum Gasteiger partial charge on any atom is 0.315 e. The van der Waals surface area contributed by atoms with Crippen molar-refractivity contribution < 1.29 is 9.90 Å². The summed E-state index contributed by atoms with van der Waals surface area (Å²) in [6.45, 7) is 4.19. The Morgan fingerprint density at radius 2 is 2.27 bits per heavy atom. The molecule has 5 atom stereocenters. The second-order valence-corrected chi connectivity index (χ2v) is 7.50. The number of carbonyl (C=O) groups is 1. The van der Waals surface area contributed by atoms with Crippen molar-refractivity contribution in [1.29, 1.82) is 0 Å². The average Bonchev–Trinajstić information content (AvgIpc) is 3.20. The largest absolute Gasteiger partial charge is 0.396 e. The summed E-state index contributed by atoms with van der Waals surface area (Å²) in [4.78, 5) is 16.8. The zero-order valence-electron chi connectivity index (χ0n) is 13.2. The normalized spacial score (nSPS) is 31.2. The van der Waals surface area contributed by atoms with E-state index in [1.807, 2.05) is 12.3 Å². The van der Waals surface area contributed by atoms with Gasteiger partial charge < -0.3 is 15.7 Å². The van der Waals surface area contributed by atoms with E-state index in [-0.39, 0.29) is 30.6 Å². The standard InChI is InChI=1S/C16H25N3O2S/c1-3-13(15-17-9(2)8-22-15)18-16(21)19-14-11-5-4-10(6-11)12(14)7-20/h8,10-14,20H,3-7H2,1-2H3,(H2,18,19,21). The van der Waals surface area contributed by atoms with Gasteiger partial charge in [0.15, 0.2) is 0 Å². The molecule has 2 aliphatic carbocycles. The second-order valence-electron chi connectivity index (χ2n) is 6.61. The summed E-state index contributed by atoms with van der Waals surface area (Å²) in [7, 11) is 0. The summed E-state index contributed by atoms with van der Waals surface area (Å²) in [5.74, 6) is 1.35. The molecule has 0 saturated heterocycles. The molecule has 122 valence electrons. The highest BCUT2D eigenvalue weighted by Crippen LogP contribution is 2.48. The van der Waals surface area contributed by atoms with Crippen molar-refractivity contribution in [3.8, 4) is 0 Å². The zero-order valence-corrected chi connectivity index (χ0v) is 14.0. The highest BCUT2D eigenvalue weighted by atomic mass is 32.1. The Hall–Kier alpha value is -1.14. The lowest BCUT2D eigenvalue weighted by Gasteiger charge is -2.31. The highest BCUT2D eigenvalue weighted by molar-refractivity contribution is 7.09. The van der Waals surface area contributed by atoms with E-state index in [2.05, 4.69) is 22.5 Å². The van der Waals surface area contributed by atoms with Gasteiger partial charge in [0.1, 0.15) is 5.01 Å². The van der Waals surface area contributed by atoms with Gasteiger partial charge in [-0.2, -0.15) is 0 Å². The van der Waals surface area contributed by atoms with Crippen LogP contribution in [0, 0.1) is 24.7 Å². The molecular formula is C16H25N3O2S. The number of nitrogens with one attached hydrogen (secondary N) is 2. The lowest BCUT2D eigenvalue weighted by molar-refractivity contribution is 0.144. The van der Waals surface area contributed by atoms with Crippen LogP contribution >= 0.6 is 11.3 Å². The van der Waals surface area contributed by atoms with Crippen molar-refractivity contribution >= 4 is 17.4 Å². The van der Waals surface area contributed by atoms with Crippen molar-refractivity contribution in [2.75, 3.05) is 6.61 Å². The number of rotatable bonds is 5. The number of hydrogen-bond donors (Lipinski definition) is 3. The minimum Gasteiger partial charge on any atom is -0.396 e. The summed E-state index contributed by atoms with van der Waals surface area (Å²) >= 11 is 1.59. The van der Waals surface area contributed by atoms with Crippen molar-refractivity contribution in [3.63, 3.8) is 0 Å². The molecular weight excluding hydrogens is 298 g/mol.